The van der Waals surface area contributed by atoms with Gasteiger partial charge in [0, 0.05) is 5.69 Å². The van der Waals surface area contributed by atoms with Crippen LogP contribution in [0.4, 0.5) is 5.69 Å². The maximum atomic E-state index is 12.0. The summed E-state index contributed by atoms with van der Waals surface area (Å²) < 4.78 is 0. The lowest BCUT2D eigenvalue weighted by Gasteiger charge is -2.17. The van der Waals surface area contributed by atoms with Gasteiger partial charge in [0.2, 0.25) is 5.91 Å². The Hall–Kier alpha value is -2.09. The van der Waals surface area contributed by atoms with Crippen molar-refractivity contribution < 1.29 is 4.79 Å². The maximum Gasteiger partial charge on any atom is 0.231 e. The smallest absolute Gasteiger partial charge is 0.231 e. The first-order chi connectivity index (χ1) is 8.74. The highest BCUT2D eigenvalue weighted by molar-refractivity contribution is 6.01. The third-order valence-electron chi connectivity index (χ3n) is 3.39. The molecule has 0 aliphatic carbocycles. The van der Waals surface area contributed by atoms with Gasteiger partial charge in [-0.05, 0) is 24.1 Å². The molecule has 90 valence electrons. The third-order valence-corrected chi connectivity index (χ3v) is 3.39. The second-order valence-electron chi connectivity index (χ2n) is 4.77. The Balaban J connectivity index is 1.89. The van der Waals surface area contributed by atoms with Gasteiger partial charge in [-0.3, -0.25) is 4.79 Å². The lowest BCUT2D eigenvalue weighted by Crippen LogP contribution is -2.25. The first-order valence-corrected chi connectivity index (χ1v) is 6.18. The molecule has 2 nitrogen and oxygen atoms in total. The SMILES string of the molecule is Cc1ccc(CN2C(=O)Cc3ccccc32)cc1. The van der Waals surface area contributed by atoms with Crippen molar-refractivity contribution in [1.82, 2.24) is 0 Å². The summed E-state index contributed by atoms with van der Waals surface area (Å²) in [6.07, 6.45) is 0.530. The molecule has 2 aromatic rings. The predicted octanol–water partition coefficient (Wildman–Crippen LogP) is 3.08. The van der Waals surface area contributed by atoms with Crippen LogP contribution in [-0.2, 0) is 17.8 Å². The molecule has 0 N–H and O–H groups in total. The van der Waals surface area contributed by atoms with Crippen molar-refractivity contribution in [1.29, 1.82) is 0 Å². The van der Waals surface area contributed by atoms with Crippen molar-refractivity contribution in [2.24, 2.45) is 0 Å². The number of benzene rings is 2. The van der Waals surface area contributed by atoms with Gasteiger partial charge >= 0.3 is 0 Å². The summed E-state index contributed by atoms with van der Waals surface area (Å²) in [6.45, 7) is 2.73. The highest BCUT2D eigenvalue weighted by Gasteiger charge is 2.26. The van der Waals surface area contributed by atoms with E-state index in [1.807, 2.05) is 29.2 Å². The van der Waals surface area contributed by atoms with E-state index in [4.69, 9.17) is 0 Å². The molecule has 1 heterocycles. The molecule has 0 unspecified atom stereocenters. The number of hydrogen-bond donors (Lipinski definition) is 0. The van der Waals surface area contributed by atoms with Crippen LogP contribution in [0.25, 0.3) is 0 Å². The number of anilines is 1. The number of carbonyl (C=O) groups excluding carboxylic acids is 1. The van der Waals surface area contributed by atoms with Gasteiger partial charge < -0.3 is 4.90 Å². The van der Waals surface area contributed by atoms with Gasteiger partial charge in [-0.25, -0.2) is 0 Å². The van der Waals surface area contributed by atoms with E-state index in [0.717, 1.165) is 11.3 Å². The van der Waals surface area contributed by atoms with Gasteiger partial charge in [-0.2, -0.15) is 0 Å². The molecule has 0 radical (unpaired) electrons. The molecule has 0 aromatic heterocycles. The highest BCUT2D eigenvalue weighted by atomic mass is 16.2. The monoisotopic (exact) mass is 237 g/mol. The van der Waals surface area contributed by atoms with Gasteiger partial charge in [0.05, 0.1) is 13.0 Å². The van der Waals surface area contributed by atoms with Crippen LogP contribution in [0, 0.1) is 6.92 Å². The van der Waals surface area contributed by atoms with E-state index in [0.29, 0.717) is 13.0 Å². The van der Waals surface area contributed by atoms with E-state index in [1.165, 1.54) is 11.1 Å². The van der Waals surface area contributed by atoms with Crippen molar-refractivity contribution in [3.05, 3.63) is 65.2 Å². The summed E-state index contributed by atoms with van der Waals surface area (Å²) in [6, 6.07) is 16.4. The summed E-state index contributed by atoms with van der Waals surface area (Å²) in [7, 11) is 0. The van der Waals surface area contributed by atoms with Crippen molar-refractivity contribution in [2.75, 3.05) is 4.90 Å². The molecule has 0 atom stereocenters. The van der Waals surface area contributed by atoms with Gasteiger partial charge in [0.15, 0.2) is 0 Å². The molecule has 2 aromatic carbocycles. The van der Waals surface area contributed by atoms with E-state index in [1.54, 1.807) is 0 Å². The molecular weight excluding hydrogens is 222 g/mol. The number of hydrogen-bond acceptors (Lipinski definition) is 1. The Morgan fingerprint density at radius 2 is 1.78 bits per heavy atom. The minimum absolute atomic E-state index is 0.191. The van der Waals surface area contributed by atoms with Crippen molar-refractivity contribution in [3.63, 3.8) is 0 Å². The molecule has 2 heteroatoms. The zero-order valence-corrected chi connectivity index (χ0v) is 10.4. The minimum Gasteiger partial charge on any atom is -0.307 e. The molecule has 0 bridgehead atoms. The van der Waals surface area contributed by atoms with E-state index >= 15 is 0 Å². The lowest BCUT2D eigenvalue weighted by molar-refractivity contribution is -0.117. The van der Waals surface area contributed by atoms with E-state index in [9.17, 15) is 4.79 Å². The Bertz CT molecular complexity index is 586. The number of carbonyl (C=O) groups is 1. The van der Waals surface area contributed by atoms with Crippen molar-refractivity contribution >= 4 is 11.6 Å². The predicted molar refractivity (Wildman–Crippen MR) is 72.5 cm³/mol. The van der Waals surface area contributed by atoms with Gasteiger partial charge in [0.1, 0.15) is 0 Å². The largest absolute Gasteiger partial charge is 0.307 e. The molecule has 0 saturated heterocycles. The zero-order valence-electron chi connectivity index (χ0n) is 10.4. The third kappa shape index (κ3) is 1.90. The summed E-state index contributed by atoms with van der Waals surface area (Å²) in [5, 5.41) is 0. The summed E-state index contributed by atoms with van der Waals surface area (Å²) in [5.41, 5.74) is 4.61. The zero-order chi connectivity index (χ0) is 12.5. The molecule has 3 rings (SSSR count). The van der Waals surface area contributed by atoms with Crippen LogP contribution >= 0.6 is 0 Å². The van der Waals surface area contributed by atoms with Crippen LogP contribution in [0.5, 0.6) is 0 Å². The Labute approximate surface area is 107 Å². The van der Waals surface area contributed by atoms with Crippen LogP contribution in [-0.4, -0.2) is 5.91 Å². The van der Waals surface area contributed by atoms with Crippen LogP contribution in [0.1, 0.15) is 16.7 Å². The number of rotatable bonds is 2. The summed E-state index contributed by atoms with van der Waals surface area (Å²) >= 11 is 0. The van der Waals surface area contributed by atoms with E-state index in [-0.39, 0.29) is 5.91 Å². The molecule has 1 amide bonds. The first kappa shape index (κ1) is 11.0. The number of nitrogens with zero attached hydrogens (tertiary/aromatic N) is 1. The second-order valence-corrected chi connectivity index (χ2v) is 4.77. The standard InChI is InChI=1S/C16H15NO/c1-12-6-8-13(9-7-12)11-17-15-5-3-2-4-14(15)10-16(17)18/h2-9H,10-11H2,1H3. The number of aryl methyl sites for hydroxylation is 1. The fraction of sp³-hybridized carbons (Fsp3) is 0.188. The molecule has 0 saturated carbocycles. The Morgan fingerprint density at radius 3 is 2.56 bits per heavy atom. The molecule has 0 spiro atoms. The fourth-order valence-corrected chi connectivity index (χ4v) is 2.37. The Morgan fingerprint density at radius 1 is 1.06 bits per heavy atom. The van der Waals surface area contributed by atoms with Crippen LogP contribution in [0.3, 0.4) is 0 Å². The van der Waals surface area contributed by atoms with Crippen molar-refractivity contribution in [2.45, 2.75) is 19.9 Å². The Kier molecular flexibility index (Phi) is 2.63. The number of amides is 1. The van der Waals surface area contributed by atoms with E-state index in [2.05, 4.69) is 31.2 Å². The van der Waals surface area contributed by atoms with Gasteiger partial charge in [-0.1, -0.05) is 48.0 Å². The second kappa shape index (κ2) is 4.30. The fourth-order valence-electron chi connectivity index (χ4n) is 2.37. The maximum absolute atomic E-state index is 12.0. The number of para-hydroxylation sites is 1. The number of fused-ring (bicyclic) bond motifs is 1. The quantitative estimate of drug-likeness (QED) is 0.786. The topological polar surface area (TPSA) is 20.3 Å². The average Bonchev–Trinajstić information content (AvgIpc) is 2.69. The minimum atomic E-state index is 0.191. The molecule has 0 fully saturated rings. The summed E-state index contributed by atoms with van der Waals surface area (Å²) in [4.78, 5) is 13.9. The van der Waals surface area contributed by atoms with Gasteiger partial charge in [0.25, 0.3) is 0 Å². The molecule has 1 aliphatic rings. The molecule has 1 aliphatic heterocycles. The summed E-state index contributed by atoms with van der Waals surface area (Å²) in [5.74, 6) is 0.191. The molecular formula is C16H15NO. The normalized spacial score (nSPS) is 13.8. The molecule has 18 heavy (non-hydrogen) atoms. The lowest BCUT2D eigenvalue weighted by atomic mass is 10.1. The van der Waals surface area contributed by atoms with Crippen LogP contribution < -0.4 is 4.90 Å². The van der Waals surface area contributed by atoms with E-state index < -0.39 is 0 Å². The van der Waals surface area contributed by atoms with Crippen LogP contribution in [0.2, 0.25) is 0 Å². The van der Waals surface area contributed by atoms with Crippen molar-refractivity contribution in [3.8, 4) is 0 Å². The average molecular weight is 237 g/mol. The van der Waals surface area contributed by atoms with Crippen LogP contribution in [0.15, 0.2) is 48.5 Å². The highest BCUT2D eigenvalue weighted by Crippen LogP contribution is 2.29. The first-order valence-electron chi connectivity index (χ1n) is 6.18. The van der Waals surface area contributed by atoms with Gasteiger partial charge in [-0.15, -0.1) is 0 Å².